The van der Waals surface area contributed by atoms with Crippen LogP contribution in [0.1, 0.15) is 42.4 Å². The number of rotatable bonds is 12. The number of aromatic nitrogens is 3. The van der Waals surface area contributed by atoms with Gasteiger partial charge in [0.15, 0.2) is 5.65 Å². The Morgan fingerprint density at radius 3 is 2.55 bits per heavy atom. The summed E-state index contributed by atoms with van der Waals surface area (Å²) in [5.74, 6) is -0.878. The van der Waals surface area contributed by atoms with E-state index in [2.05, 4.69) is 28.6 Å². The van der Waals surface area contributed by atoms with Gasteiger partial charge in [0.1, 0.15) is 24.0 Å². The Morgan fingerprint density at radius 1 is 1.16 bits per heavy atom. The number of carbonyl (C=O) groups excluding carboxylic acids is 1. The number of fused-ring (bicyclic) bond motifs is 1. The van der Waals surface area contributed by atoms with E-state index in [1.54, 1.807) is 32.0 Å². The van der Waals surface area contributed by atoms with Crippen molar-refractivity contribution >= 4 is 46.3 Å². The van der Waals surface area contributed by atoms with Gasteiger partial charge in [0, 0.05) is 17.5 Å². The summed E-state index contributed by atoms with van der Waals surface area (Å²) in [5, 5.41) is 3.73. The van der Waals surface area contributed by atoms with Crippen molar-refractivity contribution < 1.29 is 60.7 Å². The molecule has 23 heteroatoms. The number of benzene rings is 1. The Balaban J connectivity index is 1.60. The number of nitrogen functional groups attached to an aromatic ring is 1. The highest BCUT2D eigenvalue weighted by Gasteiger charge is 2.44. The first-order valence-electron chi connectivity index (χ1n) is 12.3. The Labute approximate surface area is 247 Å². The van der Waals surface area contributed by atoms with Gasteiger partial charge in [0.2, 0.25) is 0 Å². The van der Waals surface area contributed by atoms with Crippen molar-refractivity contribution in [3.05, 3.63) is 64.4 Å². The summed E-state index contributed by atoms with van der Waals surface area (Å²) < 4.78 is 60.4. The Bertz CT molecular complexity index is 1760. The van der Waals surface area contributed by atoms with E-state index in [9.17, 15) is 28.3 Å². The lowest BCUT2D eigenvalue weighted by Crippen LogP contribution is -2.32. The molecule has 238 valence electrons. The van der Waals surface area contributed by atoms with E-state index in [0.717, 1.165) is 0 Å². The van der Waals surface area contributed by atoms with E-state index in [1.165, 1.54) is 29.2 Å². The van der Waals surface area contributed by atoms with Crippen molar-refractivity contribution in [2.24, 2.45) is 5.11 Å². The smallest absolute Gasteiger partial charge is 0.456 e. The monoisotopic (exact) mass is 677 g/mol. The standard InChI is InChI=1S/C21H26N7O13P3/c1-21(2,26-27-23)13-6-4-3-5-12(13)20(29)39-15-9-17(28-11-25-18-14(22)7-8-24-19(18)28)38-16(15)10-37-43(33,34)41-44(35,36)40-42(30,31)32/h3-8,11,15-17H,9-10H2,1-2H3,(H2,22,24)(H,33,34)(H,35,36)(H2,30,31,32)/t15?,16-,17-/m1/s1. The number of esters is 1. The molecule has 5 atom stereocenters. The molecule has 0 spiro atoms. The fourth-order valence-corrected chi connectivity index (χ4v) is 7.37. The van der Waals surface area contributed by atoms with Crippen molar-refractivity contribution in [1.29, 1.82) is 0 Å². The van der Waals surface area contributed by atoms with Crippen LogP contribution in [0.5, 0.6) is 0 Å². The normalized spacial score (nSPS) is 21.7. The molecular weight excluding hydrogens is 651 g/mol. The second-order valence-corrected chi connectivity index (χ2v) is 14.1. The van der Waals surface area contributed by atoms with Gasteiger partial charge in [0.05, 0.1) is 29.7 Å². The Hall–Kier alpha value is -3.21. The Kier molecular flexibility index (Phi) is 9.68. The average Bonchev–Trinajstić information content (AvgIpc) is 3.50. The molecule has 1 fully saturated rings. The quantitative estimate of drug-likeness (QED) is 0.0603. The number of phosphoric acid groups is 3. The molecule has 1 aromatic carbocycles. The number of hydrogen-bond donors (Lipinski definition) is 5. The molecule has 3 aromatic rings. The summed E-state index contributed by atoms with van der Waals surface area (Å²) in [6.45, 7) is 2.27. The fourth-order valence-electron chi connectivity index (χ4n) is 4.34. The van der Waals surface area contributed by atoms with E-state index in [-0.39, 0.29) is 12.0 Å². The minimum absolute atomic E-state index is 0.0440. The summed E-state index contributed by atoms with van der Waals surface area (Å²) in [7, 11) is -16.9. The molecule has 20 nitrogen and oxygen atoms in total. The predicted octanol–water partition coefficient (Wildman–Crippen LogP) is 3.42. The molecule has 1 saturated heterocycles. The maximum atomic E-state index is 13.4. The third-order valence-corrected chi connectivity index (χ3v) is 9.96. The predicted molar refractivity (Wildman–Crippen MR) is 148 cm³/mol. The van der Waals surface area contributed by atoms with Crippen molar-refractivity contribution in [3.63, 3.8) is 0 Å². The van der Waals surface area contributed by atoms with Gasteiger partial charge in [-0.2, -0.15) is 8.62 Å². The zero-order valence-electron chi connectivity index (χ0n) is 22.8. The summed E-state index contributed by atoms with van der Waals surface area (Å²) >= 11 is 0. The zero-order valence-corrected chi connectivity index (χ0v) is 25.4. The second kappa shape index (κ2) is 12.7. The lowest BCUT2D eigenvalue weighted by molar-refractivity contribution is -0.0490. The van der Waals surface area contributed by atoms with Crippen LogP contribution in [-0.4, -0.2) is 58.9 Å². The topological polar surface area (TPSA) is 301 Å². The molecule has 44 heavy (non-hydrogen) atoms. The van der Waals surface area contributed by atoms with Gasteiger partial charge in [-0.05, 0) is 23.2 Å². The highest BCUT2D eigenvalue weighted by molar-refractivity contribution is 7.66. The lowest BCUT2D eigenvalue weighted by atomic mass is 9.91. The number of nitrogens with zero attached hydrogens (tertiary/aromatic N) is 6. The molecule has 0 aliphatic carbocycles. The van der Waals surface area contributed by atoms with E-state index >= 15 is 0 Å². The van der Waals surface area contributed by atoms with Crippen LogP contribution in [0.25, 0.3) is 21.6 Å². The highest BCUT2D eigenvalue weighted by Crippen LogP contribution is 2.66. The van der Waals surface area contributed by atoms with Gasteiger partial charge in [-0.15, -0.1) is 0 Å². The summed E-state index contributed by atoms with van der Waals surface area (Å²) in [6, 6.07) is 7.72. The molecule has 0 radical (unpaired) electrons. The summed E-state index contributed by atoms with van der Waals surface area (Å²) in [6.07, 6.45) is -0.771. The van der Waals surface area contributed by atoms with Gasteiger partial charge in [-0.25, -0.2) is 28.5 Å². The maximum absolute atomic E-state index is 13.4. The van der Waals surface area contributed by atoms with Gasteiger partial charge < -0.3 is 34.8 Å². The first-order valence-corrected chi connectivity index (χ1v) is 16.8. The molecule has 3 unspecified atom stereocenters. The number of imidazole rings is 1. The van der Waals surface area contributed by atoms with Crippen molar-refractivity contribution in [3.8, 4) is 0 Å². The van der Waals surface area contributed by atoms with Crippen molar-refractivity contribution in [2.75, 3.05) is 12.3 Å². The number of nitrogens with two attached hydrogens (primary N) is 1. The van der Waals surface area contributed by atoms with Crippen LogP contribution in [0, 0.1) is 0 Å². The van der Waals surface area contributed by atoms with Crippen LogP contribution < -0.4 is 5.73 Å². The first-order chi connectivity index (χ1) is 20.4. The largest absolute Gasteiger partial charge is 0.490 e. The maximum Gasteiger partial charge on any atom is 0.490 e. The zero-order chi connectivity index (χ0) is 32.5. The number of phosphoric ester groups is 1. The van der Waals surface area contributed by atoms with Crippen molar-refractivity contribution in [2.45, 2.75) is 44.2 Å². The number of carbonyl (C=O) groups is 1. The van der Waals surface area contributed by atoms with Crippen LogP contribution in [0.2, 0.25) is 0 Å². The van der Waals surface area contributed by atoms with Crippen LogP contribution in [0.3, 0.4) is 0 Å². The lowest BCUT2D eigenvalue weighted by Gasteiger charge is -2.24. The fraction of sp³-hybridized carbons (Fsp3) is 0.381. The molecule has 2 aromatic heterocycles. The molecule has 0 amide bonds. The molecule has 3 heterocycles. The van der Waals surface area contributed by atoms with Gasteiger partial charge in [0.25, 0.3) is 0 Å². The SMILES string of the molecule is CC(C)(N=[N+]=[N-])c1ccccc1C(=O)OC1C[C@H](n2cnc3c(N)ccnc32)O[C@@H]1COP(=O)(O)OP(=O)(O)OP(=O)(O)O. The van der Waals surface area contributed by atoms with E-state index in [1.807, 2.05) is 0 Å². The average molecular weight is 677 g/mol. The molecular formula is C21H26N7O13P3. The third kappa shape index (κ3) is 8.08. The number of ether oxygens (including phenoxy) is 2. The second-order valence-electron chi connectivity index (χ2n) is 9.71. The van der Waals surface area contributed by atoms with Crippen LogP contribution in [0.4, 0.5) is 5.69 Å². The molecule has 0 saturated carbocycles. The minimum atomic E-state index is -5.78. The molecule has 1 aliphatic rings. The third-order valence-electron chi connectivity index (χ3n) is 6.16. The van der Waals surface area contributed by atoms with Gasteiger partial charge in [-0.1, -0.05) is 37.2 Å². The molecule has 0 bridgehead atoms. The summed E-state index contributed by atoms with van der Waals surface area (Å²) in [5.41, 5.74) is 15.1. The number of hydrogen-bond acceptors (Lipinski definition) is 13. The molecule has 1 aliphatic heterocycles. The van der Waals surface area contributed by atoms with E-state index in [4.69, 9.17) is 35.0 Å². The number of pyridine rings is 1. The van der Waals surface area contributed by atoms with Gasteiger partial charge in [-0.3, -0.25) is 9.09 Å². The first kappa shape index (κ1) is 33.7. The molecule has 4 rings (SSSR count). The molecule has 6 N–H and O–H groups in total. The van der Waals surface area contributed by atoms with Crippen LogP contribution >= 0.6 is 23.5 Å². The van der Waals surface area contributed by atoms with Gasteiger partial charge >= 0.3 is 29.4 Å². The minimum Gasteiger partial charge on any atom is -0.456 e. The van der Waals surface area contributed by atoms with Crippen LogP contribution in [0.15, 0.2) is 48.0 Å². The number of azide groups is 1. The van der Waals surface area contributed by atoms with Crippen molar-refractivity contribution in [1.82, 2.24) is 14.5 Å². The summed E-state index contributed by atoms with van der Waals surface area (Å²) in [4.78, 5) is 61.5. The van der Waals surface area contributed by atoms with Crippen LogP contribution in [-0.2, 0) is 41.9 Å². The number of anilines is 1. The highest BCUT2D eigenvalue weighted by atomic mass is 31.3. The van der Waals surface area contributed by atoms with E-state index < -0.39 is 60.0 Å². The Morgan fingerprint density at radius 2 is 1.86 bits per heavy atom. The van der Waals surface area contributed by atoms with E-state index in [0.29, 0.717) is 22.4 Å².